The molecule has 1 saturated carbocycles. The average molecular weight is 341 g/mol. The van der Waals surface area contributed by atoms with Gasteiger partial charge in [-0.1, -0.05) is 0 Å². The van der Waals surface area contributed by atoms with E-state index < -0.39 is 0 Å². The first kappa shape index (κ1) is 14.1. The molecule has 1 aliphatic heterocycles. The Kier molecular flexibility index (Phi) is 4.41. The highest BCUT2D eigenvalue weighted by Gasteiger charge is 2.23. The normalized spacial score (nSPS) is 22.1. The summed E-state index contributed by atoms with van der Waals surface area (Å²) in [6.07, 6.45) is 7.81. The second-order valence-corrected chi connectivity index (χ2v) is 6.60. The van der Waals surface area contributed by atoms with Gasteiger partial charge in [-0.2, -0.15) is 5.10 Å². The number of halogens is 1. The maximum absolute atomic E-state index is 12.2. The molecule has 5 nitrogen and oxygen atoms in total. The van der Waals surface area contributed by atoms with E-state index >= 15 is 0 Å². The SMILES string of the molecule is O=c1c(Br)c(NCC[C@@H]2CCCN2)cnn1CC1CC1. The van der Waals surface area contributed by atoms with E-state index in [0.29, 0.717) is 16.4 Å². The molecule has 2 N–H and O–H groups in total. The highest BCUT2D eigenvalue weighted by molar-refractivity contribution is 9.10. The Morgan fingerprint density at radius 1 is 1.45 bits per heavy atom. The van der Waals surface area contributed by atoms with Crippen molar-refractivity contribution in [3.05, 3.63) is 21.0 Å². The van der Waals surface area contributed by atoms with Gasteiger partial charge in [0, 0.05) is 19.1 Å². The van der Waals surface area contributed by atoms with Gasteiger partial charge in [-0.25, -0.2) is 4.68 Å². The summed E-state index contributed by atoms with van der Waals surface area (Å²) in [7, 11) is 0. The van der Waals surface area contributed by atoms with Crippen molar-refractivity contribution < 1.29 is 0 Å². The molecular weight excluding hydrogens is 320 g/mol. The van der Waals surface area contributed by atoms with E-state index in [2.05, 4.69) is 31.7 Å². The zero-order chi connectivity index (χ0) is 13.9. The molecule has 0 unspecified atom stereocenters. The van der Waals surface area contributed by atoms with Gasteiger partial charge in [-0.3, -0.25) is 4.79 Å². The summed E-state index contributed by atoms with van der Waals surface area (Å²) in [5.74, 6) is 0.652. The van der Waals surface area contributed by atoms with Gasteiger partial charge in [-0.15, -0.1) is 0 Å². The van der Waals surface area contributed by atoms with Crippen molar-refractivity contribution in [2.45, 2.75) is 44.7 Å². The van der Waals surface area contributed by atoms with Crippen molar-refractivity contribution in [3.63, 3.8) is 0 Å². The fraction of sp³-hybridized carbons (Fsp3) is 0.714. The van der Waals surface area contributed by atoms with Crippen LogP contribution < -0.4 is 16.2 Å². The standard InChI is InChI=1S/C14H21BrN4O/c15-13-12(17-7-5-11-2-1-6-16-11)8-18-19(14(13)20)9-10-3-4-10/h8,10-11,16-17H,1-7,9H2/t11-/m0/s1. The summed E-state index contributed by atoms with van der Waals surface area (Å²) in [5.41, 5.74) is 0.779. The summed E-state index contributed by atoms with van der Waals surface area (Å²) in [4.78, 5) is 12.2. The highest BCUT2D eigenvalue weighted by Crippen LogP contribution is 2.30. The van der Waals surface area contributed by atoms with Gasteiger partial charge in [0.25, 0.3) is 5.56 Å². The number of nitrogens with zero attached hydrogens (tertiary/aromatic N) is 2. The number of hydrogen-bond donors (Lipinski definition) is 2. The van der Waals surface area contributed by atoms with Gasteiger partial charge in [0.1, 0.15) is 4.47 Å². The van der Waals surface area contributed by atoms with Crippen LogP contribution in [-0.2, 0) is 6.54 Å². The molecule has 1 aromatic heterocycles. The minimum atomic E-state index is -0.0270. The first-order valence-electron chi connectivity index (χ1n) is 7.47. The fourth-order valence-electron chi connectivity index (χ4n) is 2.65. The molecule has 2 aliphatic rings. The molecule has 0 amide bonds. The van der Waals surface area contributed by atoms with Crippen LogP contribution in [-0.4, -0.2) is 28.9 Å². The summed E-state index contributed by atoms with van der Waals surface area (Å²) in [6.45, 7) is 2.75. The van der Waals surface area contributed by atoms with Crippen LogP contribution in [0.2, 0.25) is 0 Å². The molecule has 20 heavy (non-hydrogen) atoms. The Labute approximate surface area is 127 Å². The summed E-state index contributed by atoms with van der Waals surface area (Å²) in [5, 5.41) is 11.1. The Balaban J connectivity index is 1.58. The largest absolute Gasteiger partial charge is 0.383 e. The van der Waals surface area contributed by atoms with Crippen LogP contribution in [0.3, 0.4) is 0 Å². The maximum atomic E-state index is 12.2. The van der Waals surface area contributed by atoms with Gasteiger partial charge >= 0.3 is 0 Å². The predicted molar refractivity (Wildman–Crippen MR) is 83.1 cm³/mol. The zero-order valence-electron chi connectivity index (χ0n) is 11.6. The summed E-state index contributed by atoms with van der Waals surface area (Å²) in [6, 6.07) is 0.615. The lowest BCUT2D eigenvalue weighted by Gasteiger charge is -2.13. The van der Waals surface area contributed by atoms with Gasteiger partial charge in [0.2, 0.25) is 0 Å². The Hall–Kier alpha value is -0.880. The molecule has 1 saturated heterocycles. The maximum Gasteiger partial charge on any atom is 0.283 e. The second-order valence-electron chi connectivity index (χ2n) is 5.81. The molecule has 0 spiro atoms. The zero-order valence-corrected chi connectivity index (χ0v) is 13.2. The van der Waals surface area contributed by atoms with Crippen molar-refractivity contribution in [1.82, 2.24) is 15.1 Å². The van der Waals surface area contributed by atoms with E-state index in [1.54, 1.807) is 10.9 Å². The number of anilines is 1. The third-order valence-corrected chi connectivity index (χ3v) is 4.85. The second kappa shape index (κ2) is 6.26. The lowest BCUT2D eigenvalue weighted by molar-refractivity contribution is 0.531. The Morgan fingerprint density at radius 2 is 2.30 bits per heavy atom. The van der Waals surface area contributed by atoms with Gasteiger partial charge in [0.15, 0.2) is 0 Å². The van der Waals surface area contributed by atoms with E-state index in [4.69, 9.17) is 0 Å². The van der Waals surface area contributed by atoms with Gasteiger partial charge in [0.05, 0.1) is 11.9 Å². The molecular formula is C14H21BrN4O. The van der Waals surface area contributed by atoms with E-state index in [-0.39, 0.29) is 5.56 Å². The summed E-state index contributed by atoms with van der Waals surface area (Å²) < 4.78 is 2.18. The number of nitrogens with one attached hydrogen (secondary N) is 2. The van der Waals surface area contributed by atoms with Crippen LogP contribution in [0.15, 0.2) is 15.5 Å². The van der Waals surface area contributed by atoms with E-state index in [9.17, 15) is 4.79 Å². The first-order chi connectivity index (χ1) is 9.74. The topological polar surface area (TPSA) is 59.0 Å². The fourth-order valence-corrected chi connectivity index (χ4v) is 3.09. The average Bonchev–Trinajstić information content (AvgIpc) is 3.11. The third kappa shape index (κ3) is 3.41. The smallest absolute Gasteiger partial charge is 0.283 e. The van der Waals surface area contributed by atoms with Crippen molar-refractivity contribution in [2.24, 2.45) is 5.92 Å². The molecule has 2 heterocycles. The molecule has 3 rings (SSSR count). The molecule has 1 atom stereocenters. The first-order valence-corrected chi connectivity index (χ1v) is 8.26. The highest BCUT2D eigenvalue weighted by atomic mass is 79.9. The molecule has 0 bridgehead atoms. The monoisotopic (exact) mass is 340 g/mol. The van der Waals surface area contributed by atoms with Crippen LogP contribution in [0.1, 0.15) is 32.1 Å². The minimum Gasteiger partial charge on any atom is -0.383 e. The lowest BCUT2D eigenvalue weighted by atomic mass is 10.1. The van der Waals surface area contributed by atoms with Crippen molar-refractivity contribution in [3.8, 4) is 0 Å². The predicted octanol–water partition coefficient (Wildman–Crippen LogP) is 1.97. The van der Waals surface area contributed by atoms with Crippen molar-refractivity contribution in [2.75, 3.05) is 18.4 Å². The summed E-state index contributed by atoms with van der Waals surface area (Å²) >= 11 is 3.40. The quantitative estimate of drug-likeness (QED) is 0.831. The van der Waals surface area contributed by atoms with Crippen LogP contribution in [0.5, 0.6) is 0 Å². The molecule has 0 radical (unpaired) electrons. The van der Waals surface area contributed by atoms with Crippen LogP contribution in [0.25, 0.3) is 0 Å². The van der Waals surface area contributed by atoms with E-state index in [0.717, 1.165) is 31.7 Å². The van der Waals surface area contributed by atoms with Crippen LogP contribution in [0.4, 0.5) is 5.69 Å². The molecule has 2 fully saturated rings. The molecule has 0 aromatic carbocycles. The van der Waals surface area contributed by atoms with Gasteiger partial charge < -0.3 is 10.6 Å². The van der Waals surface area contributed by atoms with Crippen LogP contribution >= 0.6 is 15.9 Å². The lowest BCUT2D eigenvalue weighted by Crippen LogP contribution is -2.27. The van der Waals surface area contributed by atoms with E-state index in [1.165, 1.54) is 25.7 Å². The molecule has 1 aromatic rings. The minimum absolute atomic E-state index is 0.0270. The molecule has 6 heteroatoms. The van der Waals surface area contributed by atoms with Crippen molar-refractivity contribution in [1.29, 1.82) is 0 Å². The van der Waals surface area contributed by atoms with E-state index in [1.807, 2.05) is 0 Å². The number of aromatic nitrogens is 2. The van der Waals surface area contributed by atoms with Crippen molar-refractivity contribution >= 4 is 21.6 Å². The van der Waals surface area contributed by atoms with Crippen LogP contribution in [0, 0.1) is 5.92 Å². The third-order valence-electron chi connectivity index (χ3n) is 4.08. The Bertz CT molecular complexity index is 520. The number of rotatable bonds is 6. The molecule has 110 valence electrons. The molecule has 1 aliphatic carbocycles. The number of hydrogen-bond acceptors (Lipinski definition) is 4. The van der Waals surface area contributed by atoms with Gasteiger partial charge in [-0.05, 0) is 60.5 Å². The Morgan fingerprint density at radius 3 is 3.00 bits per heavy atom.